The summed E-state index contributed by atoms with van der Waals surface area (Å²) >= 11 is 1.27. The molecule has 0 spiro atoms. The number of hydrogen-bond donors (Lipinski definition) is 1. The lowest BCUT2D eigenvalue weighted by atomic mass is 9.87. The molecule has 0 bridgehead atoms. The summed E-state index contributed by atoms with van der Waals surface area (Å²) in [5, 5.41) is 13.6. The molecule has 0 aliphatic rings. The van der Waals surface area contributed by atoms with Gasteiger partial charge >= 0.3 is 0 Å². The molecule has 1 heterocycles. The van der Waals surface area contributed by atoms with Gasteiger partial charge in [-0.3, -0.25) is 9.36 Å². The zero-order chi connectivity index (χ0) is 28.7. The molecule has 0 saturated heterocycles. The topological polar surface area (TPSA) is 99.9 Å². The molecule has 0 unspecified atom stereocenters. The van der Waals surface area contributed by atoms with Crippen LogP contribution in [-0.4, -0.2) is 54.0 Å². The van der Waals surface area contributed by atoms with Crippen LogP contribution in [0.1, 0.15) is 31.9 Å². The Labute approximate surface area is 238 Å². The zero-order valence-corrected chi connectivity index (χ0v) is 24.3. The van der Waals surface area contributed by atoms with Crippen molar-refractivity contribution < 1.29 is 19.0 Å². The number of hydrazone groups is 1. The fourth-order valence-corrected chi connectivity index (χ4v) is 4.64. The maximum Gasteiger partial charge on any atom is 0.250 e. The normalized spacial score (nSPS) is 11.4. The molecule has 4 aromatic rings. The lowest BCUT2D eigenvalue weighted by Crippen LogP contribution is -2.20. The Kier molecular flexibility index (Phi) is 9.11. The van der Waals surface area contributed by atoms with Crippen molar-refractivity contribution in [3.63, 3.8) is 0 Å². The fourth-order valence-electron chi connectivity index (χ4n) is 3.90. The number of nitrogens with one attached hydrogen (secondary N) is 1. The Morgan fingerprint density at radius 1 is 0.925 bits per heavy atom. The van der Waals surface area contributed by atoms with Gasteiger partial charge in [-0.25, -0.2) is 5.43 Å². The molecule has 10 heteroatoms. The summed E-state index contributed by atoms with van der Waals surface area (Å²) in [5.41, 5.74) is 6.31. The van der Waals surface area contributed by atoms with Gasteiger partial charge in [0.2, 0.25) is 0 Å². The SMILES string of the molecule is COc1ccc(-n2c(SCC(=O)NN=Cc3ccc(OC)cc3OC)nnc2-c2ccc(C(C)(C)C)cc2)cc1. The Hall–Kier alpha value is -4.31. The number of nitrogens with zero attached hydrogens (tertiary/aromatic N) is 4. The van der Waals surface area contributed by atoms with E-state index in [-0.39, 0.29) is 17.1 Å². The van der Waals surface area contributed by atoms with Gasteiger partial charge in [0, 0.05) is 22.9 Å². The van der Waals surface area contributed by atoms with Crippen molar-refractivity contribution in [2.24, 2.45) is 5.10 Å². The molecular formula is C30H33N5O4S. The number of aromatic nitrogens is 3. The summed E-state index contributed by atoms with van der Waals surface area (Å²) in [6, 6.07) is 21.3. The van der Waals surface area contributed by atoms with Crippen LogP contribution in [0.4, 0.5) is 0 Å². The number of thioether (sulfide) groups is 1. The average Bonchev–Trinajstić information content (AvgIpc) is 3.39. The van der Waals surface area contributed by atoms with Gasteiger partial charge in [-0.05, 0) is 47.4 Å². The molecule has 9 nitrogen and oxygen atoms in total. The van der Waals surface area contributed by atoms with E-state index in [1.807, 2.05) is 41.0 Å². The molecular weight excluding hydrogens is 526 g/mol. The predicted molar refractivity (Wildman–Crippen MR) is 158 cm³/mol. The van der Waals surface area contributed by atoms with Crippen molar-refractivity contribution >= 4 is 23.9 Å². The first-order valence-corrected chi connectivity index (χ1v) is 13.6. The molecule has 1 amide bonds. The molecule has 0 aliphatic heterocycles. The number of ether oxygens (including phenoxy) is 3. The van der Waals surface area contributed by atoms with Crippen molar-refractivity contribution in [2.45, 2.75) is 31.3 Å². The van der Waals surface area contributed by atoms with E-state index in [1.54, 1.807) is 39.5 Å². The molecule has 1 N–H and O–H groups in total. The second-order valence-corrected chi connectivity index (χ2v) is 10.8. The van der Waals surface area contributed by atoms with Crippen molar-refractivity contribution in [1.82, 2.24) is 20.2 Å². The number of carbonyl (C=O) groups excluding carboxylic acids is 1. The Balaban J connectivity index is 1.53. The lowest BCUT2D eigenvalue weighted by molar-refractivity contribution is -0.118. The summed E-state index contributed by atoms with van der Waals surface area (Å²) in [6.07, 6.45) is 1.53. The standard InChI is InChI=1S/C30H33N5O4S/c1-30(2,3)22-10-7-20(8-11-22)28-33-34-29(35(28)23-12-15-24(37-4)16-13-23)40-19-27(36)32-31-18-21-9-14-25(38-5)17-26(21)39-6/h7-18H,19H2,1-6H3,(H,32,36). The lowest BCUT2D eigenvalue weighted by Gasteiger charge is -2.19. The Bertz CT molecular complexity index is 1480. The quantitative estimate of drug-likeness (QED) is 0.156. The highest BCUT2D eigenvalue weighted by atomic mass is 32.2. The molecule has 4 rings (SSSR count). The van der Waals surface area contributed by atoms with Crippen molar-refractivity contribution in [3.05, 3.63) is 77.9 Å². The summed E-state index contributed by atoms with van der Waals surface area (Å²) in [4.78, 5) is 12.6. The number of amides is 1. The van der Waals surface area contributed by atoms with Gasteiger partial charge in [0.25, 0.3) is 5.91 Å². The average molecular weight is 560 g/mol. The van der Waals surface area contributed by atoms with Crippen molar-refractivity contribution in [3.8, 4) is 34.3 Å². The number of methoxy groups -OCH3 is 3. The van der Waals surface area contributed by atoms with Gasteiger partial charge in [-0.2, -0.15) is 5.10 Å². The molecule has 40 heavy (non-hydrogen) atoms. The van der Waals surface area contributed by atoms with Gasteiger partial charge in [0.15, 0.2) is 11.0 Å². The van der Waals surface area contributed by atoms with Crippen molar-refractivity contribution in [1.29, 1.82) is 0 Å². The highest BCUT2D eigenvalue weighted by molar-refractivity contribution is 7.99. The minimum Gasteiger partial charge on any atom is -0.497 e. The van der Waals surface area contributed by atoms with E-state index >= 15 is 0 Å². The number of rotatable bonds is 10. The summed E-state index contributed by atoms with van der Waals surface area (Å²) in [5.74, 6) is 2.48. The third kappa shape index (κ3) is 6.81. The van der Waals surface area contributed by atoms with Gasteiger partial charge in [-0.15, -0.1) is 10.2 Å². The van der Waals surface area contributed by atoms with Crippen LogP contribution >= 0.6 is 11.8 Å². The summed E-state index contributed by atoms with van der Waals surface area (Å²) in [7, 11) is 4.78. The van der Waals surface area contributed by atoms with E-state index in [2.05, 4.69) is 53.6 Å². The maximum absolute atomic E-state index is 12.6. The van der Waals surface area contributed by atoms with E-state index in [9.17, 15) is 4.79 Å². The van der Waals surface area contributed by atoms with E-state index < -0.39 is 0 Å². The molecule has 3 aromatic carbocycles. The zero-order valence-electron chi connectivity index (χ0n) is 23.5. The molecule has 0 saturated carbocycles. The predicted octanol–water partition coefficient (Wildman–Crippen LogP) is 5.50. The first-order valence-electron chi connectivity index (χ1n) is 12.6. The second-order valence-electron chi connectivity index (χ2n) is 9.86. The number of carbonyl (C=O) groups is 1. The number of hydrogen-bond acceptors (Lipinski definition) is 8. The third-order valence-electron chi connectivity index (χ3n) is 6.14. The Morgan fingerprint density at radius 2 is 1.60 bits per heavy atom. The third-order valence-corrected chi connectivity index (χ3v) is 7.07. The smallest absolute Gasteiger partial charge is 0.250 e. The highest BCUT2D eigenvalue weighted by Gasteiger charge is 2.19. The van der Waals surface area contributed by atoms with Gasteiger partial charge in [-0.1, -0.05) is 56.8 Å². The van der Waals surface area contributed by atoms with E-state index in [4.69, 9.17) is 14.2 Å². The first kappa shape index (κ1) is 28.7. The first-order chi connectivity index (χ1) is 19.2. The van der Waals surface area contributed by atoms with Crippen LogP contribution in [0.15, 0.2) is 77.0 Å². The van der Waals surface area contributed by atoms with E-state index in [0.29, 0.717) is 28.0 Å². The molecule has 0 aliphatic carbocycles. The molecule has 0 radical (unpaired) electrons. The molecule has 208 valence electrons. The number of benzene rings is 3. The fraction of sp³-hybridized carbons (Fsp3) is 0.267. The van der Waals surface area contributed by atoms with E-state index in [1.165, 1.54) is 23.5 Å². The van der Waals surface area contributed by atoms with Gasteiger partial charge in [0.1, 0.15) is 17.2 Å². The molecule has 0 atom stereocenters. The minimum absolute atomic E-state index is 0.0392. The van der Waals surface area contributed by atoms with Crippen LogP contribution < -0.4 is 19.6 Å². The van der Waals surface area contributed by atoms with Crippen LogP contribution in [0.3, 0.4) is 0 Å². The van der Waals surface area contributed by atoms with Crippen LogP contribution in [-0.2, 0) is 10.2 Å². The summed E-state index contributed by atoms with van der Waals surface area (Å²) in [6.45, 7) is 6.54. The molecule has 1 aromatic heterocycles. The largest absolute Gasteiger partial charge is 0.497 e. The van der Waals surface area contributed by atoms with Crippen molar-refractivity contribution in [2.75, 3.05) is 27.1 Å². The van der Waals surface area contributed by atoms with E-state index in [0.717, 1.165) is 17.0 Å². The maximum atomic E-state index is 12.6. The highest BCUT2D eigenvalue weighted by Crippen LogP contribution is 2.31. The van der Waals surface area contributed by atoms with Gasteiger partial charge < -0.3 is 14.2 Å². The molecule has 0 fully saturated rings. The van der Waals surface area contributed by atoms with Crippen LogP contribution in [0.2, 0.25) is 0 Å². The second kappa shape index (κ2) is 12.7. The minimum atomic E-state index is -0.283. The van der Waals surface area contributed by atoms with Gasteiger partial charge in [0.05, 0.1) is 33.3 Å². The van der Waals surface area contributed by atoms with Crippen LogP contribution in [0, 0.1) is 0 Å². The van der Waals surface area contributed by atoms with Crippen LogP contribution in [0.25, 0.3) is 17.1 Å². The Morgan fingerprint density at radius 3 is 2.23 bits per heavy atom. The summed E-state index contributed by atoms with van der Waals surface area (Å²) < 4.78 is 17.8. The van der Waals surface area contributed by atoms with Crippen LogP contribution in [0.5, 0.6) is 17.2 Å². The monoisotopic (exact) mass is 559 g/mol.